The van der Waals surface area contributed by atoms with Crippen molar-refractivity contribution in [3.8, 4) is 0 Å². The molecule has 7 heavy (non-hydrogen) atoms. The van der Waals surface area contributed by atoms with E-state index in [9.17, 15) is 10.1 Å². The summed E-state index contributed by atoms with van der Waals surface area (Å²) in [5, 5.41) is 9.74. The normalized spacial score (nSPS) is 13.4. The maximum Gasteiger partial charge on any atom is 0.210 e. The summed E-state index contributed by atoms with van der Waals surface area (Å²) in [6.07, 6.45) is 0.618. The van der Waals surface area contributed by atoms with Gasteiger partial charge in [0.2, 0.25) is 6.04 Å². The number of hydrogen-bond donors (Lipinski definition) is 0. The first kappa shape index (κ1) is 6.40. The van der Waals surface area contributed by atoms with Gasteiger partial charge in [-0.05, 0) is 0 Å². The molecular formula is C4H9NO2. The molecule has 0 bridgehead atoms. The Morgan fingerprint density at radius 1 is 1.86 bits per heavy atom. The summed E-state index contributed by atoms with van der Waals surface area (Å²) < 4.78 is 0. The molecule has 0 fully saturated rings. The van der Waals surface area contributed by atoms with Crippen molar-refractivity contribution in [3.05, 3.63) is 10.1 Å². The fraction of sp³-hybridized carbons (Fsp3) is 1.00. The van der Waals surface area contributed by atoms with Crippen molar-refractivity contribution in [2.75, 3.05) is 0 Å². The van der Waals surface area contributed by atoms with Crippen LogP contribution in [0.3, 0.4) is 0 Å². The minimum atomic E-state index is -0.375. The van der Waals surface area contributed by atoms with Gasteiger partial charge < -0.3 is 0 Å². The van der Waals surface area contributed by atoms with E-state index in [1.54, 1.807) is 13.8 Å². The second kappa shape index (κ2) is 2.55. The summed E-state index contributed by atoms with van der Waals surface area (Å²) in [4.78, 5) is 9.46. The third-order valence-electron chi connectivity index (χ3n) is 0.951. The highest BCUT2D eigenvalue weighted by atomic mass is 16.6. The van der Waals surface area contributed by atoms with Crippen LogP contribution in [0.4, 0.5) is 0 Å². The summed E-state index contributed by atoms with van der Waals surface area (Å²) in [5.41, 5.74) is 0. The zero-order valence-electron chi connectivity index (χ0n) is 4.55. The van der Waals surface area contributed by atoms with E-state index in [1.165, 1.54) is 0 Å². The molecule has 42 valence electrons. The average Bonchev–Trinajstić information content (AvgIpc) is 1.65. The Balaban J connectivity index is 3.34. The Kier molecular flexibility index (Phi) is 2.33. The van der Waals surface area contributed by atoms with E-state index >= 15 is 0 Å². The van der Waals surface area contributed by atoms with Crippen LogP contribution in [0.5, 0.6) is 0 Å². The molecule has 3 heteroatoms. The third-order valence-corrected chi connectivity index (χ3v) is 0.951. The number of nitro groups is 1. The molecule has 0 aliphatic carbocycles. The Morgan fingerprint density at radius 3 is 2.29 bits per heavy atom. The van der Waals surface area contributed by atoms with Crippen LogP contribution in [0.1, 0.15) is 20.3 Å². The molecular weight excluding hydrogens is 94.0 g/mol. The maximum atomic E-state index is 9.74. The molecule has 0 rings (SSSR count). The van der Waals surface area contributed by atoms with Gasteiger partial charge in [0, 0.05) is 18.3 Å². The summed E-state index contributed by atoms with van der Waals surface area (Å²) in [5.74, 6) is 0. The molecule has 0 aromatic carbocycles. The standard InChI is InChI=1S/C4H9NO2/c1-3-4(2)5(6)7/h4H,3H2,1-2H3/t4-/m1/s1. The molecule has 0 heterocycles. The quantitative estimate of drug-likeness (QED) is 0.387. The first-order valence-corrected chi connectivity index (χ1v) is 2.32. The Hall–Kier alpha value is -0.600. The van der Waals surface area contributed by atoms with E-state index in [2.05, 4.69) is 0 Å². The number of hydrogen-bond acceptors (Lipinski definition) is 2. The molecule has 0 saturated carbocycles. The molecule has 0 N–H and O–H groups in total. The van der Waals surface area contributed by atoms with Crippen LogP contribution in [0.25, 0.3) is 0 Å². The summed E-state index contributed by atoms with van der Waals surface area (Å²) in [6.45, 7) is 3.40. The van der Waals surface area contributed by atoms with Crippen molar-refractivity contribution in [2.45, 2.75) is 26.3 Å². The second-order valence-corrected chi connectivity index (χ2v) is 1.54. The lowest BCUT2D eigenvalue weighted by molar-refractivity contribution is -0.518. The molecule has 0 radical (unpaired) electrons. The summed E-state index contributed by atoms with van der Waals surface area (Å²) in [7, 11) is 0. The van der Waals surface area contributed by atoms with Crippen molar-refractivity contribution < 1.29 is 4.92 Å². The molecule has 0 spiro atoms. The van der Waals surface area contributed by atoms with Gasteiger partial charge in [0.25, 0.3) is 0 Å². The molecule has 1 atom stereocenters. The van der Waals surface area contributed by atoms with Crippen molar-refractivity contribution >= 4 is 0 Å². The van der Waals surface area contributed by atoms with Gasteiger partial charge in [-0.25, -0.2) is 0 Å². The van der Waals surface area contributed by atoms with Gasteiger partial charge in [-0.1, -0.05) is 6.92 Å². The van der Waals surface area contributed by atoms with E-state index in [0.717, 1.165) is 0 Å². The van der Waals surface area contributed by atoms with Gasteiger partial charge in [-0.15, -0.1) is 0 Å². The van der Waals surface area contributed by atoms with E-state index in [-0.39, 0.29) is 11.0 Å². The largest absolute Gasteiger partial charge is 0.264 e. The SMILES string of the molecule is CC[C@@H](C)[N+](=O)[O-]. The third kappa shape index (κ3) is 2.14. The zero-order chi connectivity index (χ0) is 5.86. The van der Waals surface area contributed by atoms with Crippen LogP contribution in [-0.2, 0) is 0 Å². The Labute approximate surface area is 42.5 Å². The summed E-state index contributed by atoms with van der Waals surface area (Å²) in [6, 6.07) is -0.375. The average molecular weight is 103 g/mol. The number of rotatable bonds is 2. The van der Waals surface area contributed by atoms with Gasteiger partial charge in [-0.3, -0.25) is 10.1 Å². The van der Waals surface area contributed by atoms with Crippen LogP contribution in [-0.4, -0.2) is 11.0 Å². The monoisotopic (exact) mass is 103 g/mol. The van der Waals surface area contributed by atoms with E-state index in [0.29, 0.717) is 6.42 Å². The summed E-state index contributed by atoms with van der Waals surface area (Å²) >= 11 is 0. The lowest BCUT2D eigenvalue weighted by atomic mass is 10.3. The maximum absolute atomic E-state index is 9.74. The first-order valence-electron chi connectivity index (χ1n) is 2.32. The van der Waals surface area contributed by atoms with Crippen molar-refractivity contribution in [2.24, 2.45) is 0 Å². The highest BCUT2D eigenvalue weighted by Crippen LogP contribution is 1.90. The fourth-order valence-corrected chi connectivity index (χ4v) is 0.149. The highest BCUT2D eigenvalue weighted by molar-refractivity contribution is 4.39. The molecule has 3 nitrogen and oxygen atoms in total. The van der Waals surface area contributed by atoms with Gasteiger partial charge in [0.1, 0.15) is 0 Å². The minimum Gasteiger partial charge on any atom is -0.264 e. The van der Waals surface area contributed by atoms with Crippen molar-refractivity contribution in [3.63, 3.8) is 0 Å². The van der Waals surface area contributed by atoms with Gasteiger partial charge in [0.15, 0.2) is 0 Å². The Bertz CT molecular complexity index is 72.1. The van der Waals surface area contributed by atoms with Gasteiger partial charge in [0.05, 0.1) is 0 Å². The van der Waals surface area contributed by atoms with Crippen LogP contribution in [0.2, 0.25) is 0 Å². The molecule has 0 unspecified atom stereocenters. The van der Waals surface area contributed by atoms with Gasteiger partial charge >= 0.3 is 0 Å². The predicted molar refractivity (Wildman–Crippen MR) is 26.7 cm³/mol. The van der Waals surface area contributed by atoms with Crippen LogP contribution in [0.15, 0.2) is 0 Å². The molecule has 0 aromatic rings. The lowest BCUT2D eigenvalue weighted by Gasteiger charge is -1.94. The predicted octanol–water partition coefficient (Wildman–Crippen LogP) is 1.06. The van der Waals surface area contributed by atoms with E-state index in [4.69, 9.17) is 0 Å². The molecule has 0 saturated heterocycles. The lowest BCUT2D eigenvalue weighted by Crippen LogP contribution is -2.12. The Morgan fingerprint density at radius 2 is 2.29 bits per heavy atom. The zero-order valence-corrected chi connectivity index (χ0v) is 4.55. The molecule has 0 aromatic heterocycles. The van der Waals surface area contributed by atoms with Gasteiger partial charge in [-0.2, -0.15) is 0 Å². The van der Waals surface area contributed by atoms with E-state index < -0.39 is 0 Å². The first-order chi connectivity index (χ1) is 3.18. The topological polar surface area (TPSA) is 43.1 Å². The molecule has 0 aliphatic rings. The van der Waals surface area contributed by atoms with Crippen molar-refractivity contribution in [1.29, 1.82) is 0 Å². The highest BCUT2D eigenvalue weighted by Gasteiger charge is 2.06. The van der Waals surface area contributed by atoms with Crippen LogP contribution in [0, 0.1) is 10.1 Å². The second-order valence-electron chi connectivity index (χ2n) is 1.54. The fourth-order valence-electron chi connectivity index (χ4n) is 0.149. The van der Waals surface area contributed by atoms with Crippen molar-refractivity contribution in [1.82, 2.24) is 0 Å². The molecule has 0 aliphatic heterocycles. The minimum absolute atomic E-state index is 0.278. The van der Waals surface area contributed by atoms with Crippen LogP contribution >= 0.6 is 0 Å². The van der Waals surface area contributed by atoms with E-state index in [1.807, 2.05) is 0 Å². The smallest absolute Gasteiger partial charge is 0.210 e. The number of nitrogens with zero attached hydrogens (tertiary/aromatic N) is 1. The molecule has 0 amide bonds. The van der Waals surface area contributed by atoms with Crippen LogP contribution < -0.4 is 0 Å².